The van der Waals surface area contributed by atoms with Crippen LogP contribution >= 0.6 is 11.6 Å². The number of esters is 1. The summed E-state index contributed by atoms with van der Waals surface area (Å²) >= 11 is 5.86. The summed E-state index contributed by atoms with van der Waals surface area (Å²) in [5, 5.41) is 0.597. The summed E-state index contributed by atoms with van der Waals surface area (Å²) in [4.78, 5) is 36.2. The van der Waals surface area contributed by atoms with E-state index >= 15 is 0 Å². The zero-order valence-corrected chi connectivity index (χ0v) is 15.6. The zero-order chi connectivity index (χ0) is 20.3. The van der Waals surface area contributed by atoms with Crippen LogP contribution in [-0.2, 0) is 25.6 Å². The van der Waals surface area contributed by atoms with E-state index in [0.29, 0.717) is 5.02 Å². The molecular weight excluding hydrogens is 395 g/mol. The Balaban J connectivity index is 1.75. The lowest BCUT2D eigenvalue weighted by Crippen LogP contribution is -2.34. The van der Waals surface area contributed by atoms with E-state index in [1.54, 1.807) is 24.3 Å². The van der Waals surface area contributed by atoms with Crippen molar-refractivity contribution in [2.75, 3.05) is 6.61 Å². The maximum Gasteiger partial charge on any atom is 0.330 e. The number of nitrogens with zero attached hydrogens (tertiary/aromatic N) is 1. The fourth-order valence-corrected chi connectivity index (χ4v) is 2.98. The van der Waals surface area contributed by atoms with Gasteiger partial charge >= 0.3 is 11.7 Å². The van der Waals surface area contributed by atoms with Crippen LogP contribution in [0.5, 0.6) is 0 Å². The SMILES string of the molecule is CC(=O)OC[C@@H]1O[C@H](n2cc(F)c(=O)[nH]c2=O)CC1OCc1ccc(Cl)cc1. The van der Waals surface area contributed by atoms with Crippen LogP contribution in [0.1, 0.15) is 25.1 Å². The maximum absolute atomic E-state index is 13.6. The van der Waals surface area contributed by atoms with E-state index in [-0.39, 0.29) is 19.6 Å². The minimum absolute atomic E-state index is 0.0856. The summed E-state index contributed by atoms with van der Waals surface area (Å²) in [7, 11) is 0. The molecule has 1 aromatic heterocycles. The number of halogens is 2. The first-order chi connectivity index (χ1) is 13.3. The average molecular weight is 413 g/mol. The number of benzene rings is 1. The third kappa shape index (κ3) is 4.86. The number of H-pyrrole nitrogens is 1. The molecule has 2 aromatic rings. The van der Waals surface area contributed by atoms with Crippen molar-refractivity contribution in [3.05, 3.63) is 67.7 Å². The number of rotatable bonds is 6. The molecule has 28 heavy (non-hydrogen) atoms. The molecule has 150 valence electrons. The number of hydrogen-bond donors (Lipinski definition) is 1. The van der Waals surface area contributed by atoms with Gasteiger partial charge in [-0.2, -0.15) is 4.39 Å². The number of carbonyl (C=O) groups is 1. The Morgan fingerprint density at radius 3 is 2.75 bits per heavy atom. The molecule has 0 spiro atoms. The van der Waals surface area contributed by atoms with Gasteiger partial charge < -0.3 is 14.2 Å². The van der Waals surface area contributed by atoms with Gasteiger partial charge in [-0.15, -0.1) is 0 Å². The molecule has 1 saturated heterocycles. The van der Waals surface area contributed by atoms with Gasteiger partial charge in [-0.05, 0) is 17.7 Å². The number of aromatic amines is 1. The van der Waals surface area contributed by atoms with Crippen LogP contribution in [0, 0.1) is 5.82 Å². The van der Waals surface area contributed by atoms with Crippen LogP contribution < -0.4 is 11.2 Å². The summed E-state index contributed by atoms with van der Waals surface area (Å²) in [6, 6.07) is 7.07. The fourth-order valence-electron chi connectivity index (χ4n) is 2.85. The monoisotopic (exact) mass is 412 g/mol. The molecule has 1 aliphatic rings. The van der Waals surface area contributed by atoms with Gasteiger partial charge in [-0.1, -0.05) is 23.7 Å². The van der Waals surface area contributed by atoms with Crippen molar-refractivity contribution >= 4 is 17.6 Å². The molecule has 1 fully saturated rings. The molecule has 0 aliphatic carbocycles. The second kappa shape index (κ2) is 8.68. The van der Waals surface area contributed by atoms with Crippen molar-refractivity contribution in [1.82, 2.24) is 9.55 Å². The van der Waals surface area contributed by atoms with E-state index < -0.39 is 41.5 Å². The molecule has 0 radical (unpaired) electrons. The molecule has 1 aliphatic heterocycles. The number of hydrogen-bond acceptors (Lipinski definition) is 6. The lowest BCUT2D eigenvalue weighted by Gasteiger charge is -2.18. The molecule has 0 amide bonds. The predicted octanol–water partition coefficient (Wildman–Crippen LogP) is 1.77. The molecule has 1 N–H and O–H groups in total. The third-order valence-corrected chi connectivity index (χ3v) is 4.50. The molecule has 2 heterocycles. The second-order valence-corrected chi connectivity index (χ2v) is 6.72. The molecule has 8 nitrogen and oxygen atoms in total. The van der Waals surface area contributed by atoms with E-state index in [9.17, 15) is 18.8 Å². The van der Waals surface area contributed by atoms with Crippen LogP contribution in [0.4, 0.5) is 4.39 Å². The van der Waals surface area contributed by atoms with Gasteiger partial charge in [0.2, 0.25) is 5.82 Å². The summed E-state index contributed by atoms with van der Waals surface area (Å²) in [6.07, 6.45) is -1.08. The minimum atomic E-state index is -1.11. The minimum Gasteiger partial charge on any atom is -0.463 e. The van der Waals surface area contributed by atoms with Crippen LogP contribution in [0.25, 0.3) is 0 Å². The van der Waals surface area contributed by atoms with Crippen molar-refractivity contribution in [3.63, 3.8) is 0 Å². The van der Waals surface area contributed by atoms with Crippen molar-refractivity contribution in [1.29, 1.82) is 0 Å². The second-order valence-electron chi connectivity index (χ2n) is 6.29. The average Bonchev–Trinajstić information content (AvgIpc) is 3.05. The molecule has 1 unspecified atom stereocenters. The fraction of sp³-hybridized carbons (Fsp3) is 0.389. The summed E-state index contributed by atoms with van der Waals surface area (Å²) in [5.41, 5.74) is -1.04. The first-order valence-corrected chi connectivity index (χ1v) is 8.87. The van der Waals surface area contributed by atoms with E-state index in [1.165, 1.54) is 6.92 Å². The van der Waals surface area contributed by atoms with Gasteiger partial charge in [0, 0.05) is 18.4 Å². The van der Waals surface area contributed by atoms with Gasteiger partial charge in [-0.25, -0.2) is 4.79 Å². The smallest absolute Gasteiger partial charge is 0.330 e. The number of carbonyl (C=O) groups excluding carboxylic acids is 1. The Labute approximate surface area is 163 Å². The topological polar surface area (TPSA) is 99.6 Å². The van der Waals surface area contributed by atoms with Gasteiger partial charge in [0.15, 0.2) is 0 Å². The van der Waals surface area contributed by atoms with Gasteiger partial charge in [0.1, 0.15) is 18.9 Å². The van der Waals surface area contributed by atoms with Crippen molar-refractivity contribution in [3.8, 4) is 0 Å². The Morgan fingerprint density at radius 2 is 2.07 bits per heavy atom. The maximum atomic E-state index is 13.6. The lowest BCUT2D eigenvalue weighted by molar-refractivity contribution is -0.148. The van der Waals surface area contributed by atoms with Crippen LogP contribution in [0.3, 0.4) is 0 Å². The highest BCUT2D eigenvalue weighted by Crippen LogP contribution is 2.31. The van der Waals surface area contributed by atoms with Crippen molar-refractivity contribution in [2.45, 2.75) is 38.4 Å². The van der Waals surface area contributed by atoms with Crippen LogP contribution in [-0.4, -0.2) is 34.3 Å². The van der Waals surface area contributed by atoms with Crippen LogP contribution in [0.15, 0.2) is 40.1 Å². The standard InChI is InChI=1S/C18H18ClFN2O6/c1-10(23)26-9-15-14(27-8-11-2-4-12(19)5-3-11)6-16(28-15)22-7-13(20)17(24)21-18(22)25/h2-5,7,14-16H,6,8-9H2,1H3,(H,21,24,25)/t14?,15-,16-/m0/s1. The van der Waals surface area contributed by atoms with Crippen molar-refractivity contribution in [2.24, 2.45) is 0 Å². The predicted molar refractivity (Wildman–Crippen MR) is 96.5 cm³/mol. The van der Waals surface area contributed by atoms with Crippen molar-refractivity contribution < 1.29 is 23.4 Å². The molecule has 3 rings (SSSR count). The summed E-state index contributed by atoms with van der Waals surface area (Å²) < 4.78 is 31.2. The van der Waals surface area contributed by atoms with Crippen LogP contribution in [0.2, 0.25) is 5.02 Å². The lowest BCUT2D eigenvalue weighted by atomic mass is 10.1. The highest BCUT2D eigenvalue weighted by atomic mass is 35.5. The number of aromatic nitrogens is 2. The number of ether oxygens (including phenoxy) is 3. The molecule has 0 saturated carbocycles. The highest BCUT2D eigenvalue weighted by Gasteiger charge is 2.38. The normalized spacial score (nSPS) is 21.6. The molecule has 3 atom stereocenters. The Morgan fingerprint density at radius 1 is 1.36 bits per heavy atom. The Hall–Kier alpha value is -2.49. The molecule has 1 aromatic carbocycles. The summed E-state index contributed by atoms with van der Waals surface area (Å²) in [5.74, 6) is -1.60. The van der Waals surface area contributed by atoms with Gasteiger partial charge in [0.05, 0.1) is 18.9 Å². The van der Waals surface area contributed by atoms with E-state index in [2.05, 4.69) is 0 Å². The Bertz CT molecular complexity index is 958. The highest BCUT2D eigenvalue weighted by molar-refractivity contribution is 6.30. The number of nitrogens with one attached hydrogen (secondary N) is 1. The largest absolute Gasteiger partial charge is 0.463 e. The van der Waals surface area contributed by atoms with Gasteiger partial charge in [-0.3, -0.25) is 19.1 Å². The van der Waals surface area contributed by atoms with E-state index in [0.717, 1.165) is 16.3 Å². The molecule has 0 bridgehead atoms. The summed E-state index contributed by atoms with van der Waals surface area (Å²) in [6.45, 7) is 1.42. The Kier molecular flexibility index (Phi) is 6.28. The van der Waals surface area contributed by atoms with E-state index in [4.69, 9.17) is 25.8 Å². The molecular formula is C18H18ClFN2O6. The first kappa shape index (κ1) is 20.2. The molecule has 10 heteroatoms. The zero-order valence-electron chi connectivity index (χ0n) is 14.9. The quantitative estimate of drug-likeness (QED) is 0.726. The third-order valence-electron chi connectivity index (χ3n) is 4.24. The first-order valence-electron chi connectivity index (χ1n) is 8.49. The van der Waals surface area contributed by atoms with Gasteiger partial charge in [0.25, 0.3) is 5.56 Å². The van der Waals surface area contributed by atoms with E-state index in [1.807, 2.05) is 4.98 Å².